The van der Waals surface area contributed by atoms with Crippen LogP contribution < -0.4 is 5.32 Å². The third kappa shape index (κ3) is 5.24. The molecule has 0 amide bonds. The zero-order valence-electron chi connectivity index (χ0n) is 12.3. The molecular weight excluding hydrogens is 262 g/mol. The number of carbonyl (C=O) groups is 1. The van der Waals surface area contributed by atoms with Crippen molar-refractivity contribution >= 4 is 17.7 Å². The van der Waals surface area contributed by atoms with E-state index in [0.29, 0.717) is 0 Å². The smallest absolute Gasteiger partial charge is 0.322 e. The lowest BCUT2D eigenvalue weighted by Crippen LogP contribution is -2.41. The van der Waals surface area contributed by atoms with Gasteiger partial charge in [-0.15, -0.1) is 11.8 Å². The third-order valence-electron chi connectivity index (χ3n) is 2.64. The first-order chi connectivity index (χ1) is 8.93. The van der Waals surface area contributed by atoms with E-state index in [1.807, 2.05) is 38.6 Å². The number of ether oxygens (including phenoxy) is 1. The van der Waals surface area contributed by atoms with E-state index in [-0.39, 0.29) is 18.1 Å². The Morgan fingerprint density at radius 1 is 1.58 bits per heavy atom. The van der Waals surface area contributed by atoms with Gasteiger partial charge in [-0.2, -0.15) is 5.10 Å². The maximum absolute atomic E-state index is 11.6. The minimum absolute atomic E-state index is 0.199. The zero-order chi connectivity index (χ0) is 14.4. The minimum atomic E-state index is -0.244. The standard InChI is InChI=1S/C13H23N3O2S/c1-9(2)14-11(13(17)18-5)6-7-19-12-8-10(3)15-16(12)4/h8-9,11,14H,6-7H2,1-5H3. The monoisotopic (exact) mass is 285 g/mol. The summed E-state index contributed by atoms with van der Waals surface area (Å²) in [6.45, 7) is 6.02. The number of hydrogen-bond donors (Lipinski definition) is 1. The number of hydrogen-bond acceptors (Lipinski definition) is 5. The summed E-state index contributed by atoms with van der Waals surface area (Å²) in [5, 5.41) is 8.64. The summed E-state index contributed by atoms with van der Waals surface area (Å²) >= 11 is 1.70. The van der Waals surface area contributed by atoms with E-state index in [0.717, 1.165) is 22.9 Å². The van der Waals surface area contributed by atoms with Gasteiger partial charge in [-0.25, -0.2) is 0 Å². The molecule has 1 aromatic heterocycles. The van der Waals surface area contributed by atoms with Gasteiger partial charge in [0.05, 0.1) is 17.8 Å². The Morgan fingerprint density at radius 3 is 2.74 bits per heavy atom. The molecule has 0 radical (unpaired) electrons. The fraction of sp³-hybridized carbons (Fsp3) is 0.692. The van der Waals surface area contributed by atoms with Crippen LogP contribution >= 0.6 is 11.8 Å². The van der Waals surface area contributed by atoms with Gasteiger partial charge in [0.25, 0.3) is 0 Å². The summed E-state index contributed by atoms with van der Waals surface area (Å²) in [7, 11) is 3.36. The van der Waals surface area contributed by atoms with Gasteiger partial charge in [-0.1, -0.05) is 13.8 Å². The van der Waals surface area contributed by atoms with Crippen LogP contribution in [0.3, 0.4) is 0 Å². The molecule has 1 N–H and O–H groups in total. The second-order valence-corrected chi connectivity index (χ2v) is 5.90. The van der Waals surface area contributed by atoms with Crippen LogP contribution in [0, 0.1) is 6.92 Å². The average molecular weight is 285 g/mol. The van der Waals surface area contributed by atoms with Gasteiger partial charge >= 0.3 is 5.97 Å². The largest absolute Gasteiger partial charge is 0.468 e. The number of aromatic nitrogens is 2. The van der Waals surface area contributed by atoms with Gasteiger partial charge in [0.15, 0.2) is 0 Å². The summed E-state index contributed by atoms with van der Waals surface area (Å²) in [5.74, 6) is 0.647. The van der Waals surface area contributed by atoms with Crippen LogP contribution in [0.15, 0.2) is 11.1 Å². The lowest BCUT2D eigenvalue weighted by molar-refractivity contribution is -0.143. The molecule has 0 spiro atoms. The van der Waals surface area contributed by atoms with E-state index >= 15 is 0 Å². The molecule has 5 nitrogen and oxygen atoms in total. The molecule has 0 fully saturated rings. The second-order valence-electron chi connectivity index (χ2n) is 4.78. The summed E-state index contributed by atoms with van der Waals surface area (Å²) in [6, 6.07) is 2.06. The molecule has 1 aromatic rings. The molecule has 19 heavy (non-hydrogen) atoms. The molecule has 6 heteroatoms. The lowest BCUT2D eigenvalue weighted by atomic mass is 10.2. The Labute approximate surface area is 119 Å². The van der Waals surface area contributed by atoms with Crippen molar-refractivity contribution in [1.29, 1.82) is 0 Å². The van der Waals surface area contributed by atoms with Crippen LogP contribution in [-0.2, 0) is 16.6 Å². The zero-order valence-corrected chi connectivity index (χ0v) is 13.1. The van der Waals surface area contributed by atoms with Crippen molar-refractivity contribution < 1.29 is 9.53 Å². The first-order valence-corrected chi connectivity index (χ1v) is 7.40. The van der Waals surface area contributed by atoms with Gasteiger partial charge in [0, 0.05) is 18.8 Å². The highest BCUT2D eigenvalue weighted by molar-refractivity contribution is 7.99. The topological polar surface area (TPSA) is 56.1 Å². The highest BCUT2D eigenvalue weighted by Gasteiger charge is 2.19. The molecule has 0 aliphatic carbocycles. The van der Waals surface area contributed by atoms with Crippen molar-refractivity contribution in [2.45, 2.75) is 44.3 Å². The Morgan fingerprint density at radius 2 is 2.26 bits per heavy atom. The van der Waals surface area contributed by atoms with Gasteiger partial charge in [-0.3, -0.25) is 9.48 Å². The van der Waals surface area contributed by atoms with Crippen LogP contribution in [0.4, 0.5) is 0 Å². The number of carbonyl (C=O) groups excluding carboxylic acids is 1. The van der Waals surface area contributed by atoms with E-state index in [1.165, 1.54) is 7.11 Å². The Hall–Kier alpha value is -1.01. The SMILES string of the molecule is COC(=O)C(CCSc1cc(C)nn1C)NC(C)C. The van der Waals surface area contributed by atoms with Crippen LogP contribution in [0.25, 0.3) is 0 Å². The number of nitrogens with zero attached hydrogens (tertiary/aromatic N) is 2. The normalized spacial score (nSPS) is 12.7. The van der Waals surface area contributed by atoms with Crippen molar-refractivity contribution in [2.75, 3.05) is 12.9 Å². The van der Waals surface area contributed by atoms with E-state index in [4.69, 9.17) is 4.74 Å². The number of thioether (sulfide) groups is 1. The van der Waals surface area contributed by atoms with E-state index < -0.39 is 0 Å². The van der Waals surface area contributed by atoms with Crippen LogP contribution in [-0.4, -0.2) is 40.7 Å². The van der Waals surface area contributed by atoms with Gasteiger partial charge in [-0.05, 0) is 19.4 Å². The van der Waals surface area contributed by atoms with Crippen LogP contribution in [0.1, 0.15) is 26.0 Å². The fourth-order valence-corrected chi connectivity index (χ4v) is 2.86. The van der Waals surface area contributed by atoms with Crippen LogP contribution in [0.5, 0.6) is 0 Å². The summed E-state index contributed by atoms with van der Waals surface area (Å²) < 4.78 is 6.68. The third-order valence-corrected chi connectivity index (χ3v) is 3.75. The molecule has 0 saturated carbocycles. The van der Waals surface area contributed by atoms with Crippen molar-refractivity contribution in [1.82, 2.24) is 15.1 Å². The molecule has 0 bridgehead atoms. The lowest BCUT2D eigenvalue weighted by Gasteiger charge is -2.18. The maximum atomic E-state index is 11.6. The summed E-state index contributed by atoms with van der Waals surface area (Å²) in [4.78, 5) is 11.6. The predicted octanol–water partition coefficient (Wildman–Crippen LogP) is 1.75. The molecule has 1 atom stereocenters. The number of methoxy groups -OCH3 is 1. The van der Waals surface area contributed by atoms with Crippen molar-refractivity contribution in [2.24, 2.45) is 7.05 Å². The molecule has 0 aliphatic rings. The molecule has 1 heterocycles. The first-order valence-electron chi connectivity index (χ1n) is 6.41. The van der Waals surface area contributed by atoms with E-state index in [9.17, 15) is 4.79 Å². The van der Waals surface area contributed by atoms with Crippen LogP contribution in [0.2, 0.25) is 0 Å². The molecule has 1 rings (SSSR count). The minimum Gasteiger partial charge on any atom is -0.468 e. The van der Waals surface area contributed by atoms with Gasteiger partial charge in [0.2, 0.25) is 0 Å². The highest BCUT2D eigenvalue weighted by atomic mass is 32.2. The number of nitrogens with one attached hydrogen (secondary N) is 1. The highest BCUT2D eigenvalue weighted by Crippen LogP contribution is 2.19. The Balaban J connectivity index is 2.48. The van der Waals surface area contributed by atoms with Gasteiger partial charge < -0.3 is 10.1 Å². The van der Waals surface area contributed by atoms with Crippen molar-refractivity contribution in [3.05, 3.63) is 11.8 Å². The molecule has 108 valence electrons. The molecule has 0 saturated heterocycles. The van der Waals surface area contributed by atoms with E-state index in [1.54, 1.807) is 11.8 Å². The predicted molar refractivity (Wildman–Crippen MR) is 77.4 cm³/mol. The van der Waals surface area contributed by atoms with Gasteiger partial charge in [0.1, 0.15) is 6.04 Å². The summed E-state index contributed by atoms with van der Waals surface area (Å²) in [5.41, 5.74) is 1.01. The number of esters is 1. The number of aryl methyl sites for hydroxylation is 2. The second kappa shape index (κ2) is 7.55. The maximum Gasteiger partial charge on any atom is 0.322 e. The summed E-state index contributed by atoms with van der Waals surface area (Å²) in [6.07, 6.45) is 0.736. The Kier molecular flexibility index (Phi) is 6.37. The quantitative estimate of drug-likeness (QED) is 0.611. The van der Waals surface area contributed by atoms with E-state index in [2.05, 4.69) is 10.4 Å². The molecular formula is C13H23N3O2S. The number of rotatable bonds is 7. The first kappa shape index (κ1) is 16.0. The molecule has 0 aliphatic heterocycles. The molecule has 1 unspecified atom stereocenters. The average Bonchev–Trinajstić information content (AvgIpc) is 2.65. The van der Waals surface area contributed by atoms with Crippen molar-refractivity contribution in [3.8, 4) is 0 Å². The Bertz CT molecular complexity index is 418. The fourth-order valence-electron chi connectivity index (χ4n) is 1.82. The van der Waals surface area contributed by atoms with Crippen molar-refractivity contribution in [3.63, 3.8) is 0 Å². The molecule has 0 aromatic carbocycles.